The van der Waals surface area contributed by atoms with Crippen molar-refractivity contribution in [1.29, 1.82) is 0 Å². The summed E-state index contributed by atoms with van der Waals surface area (Å²) in [5, 5.41) is 5.94. The monoisotopic (exact) mass is 235 g/mol. The summed E-state index contributed by atoms with van der Waals surface area (Å²) in [6.45, 7) is 4.16. The summed E-state index contributed by atoms with van der Waals surface area (Å²) in [5.41, 5.74) is 2.00. The maximum Gasteiger partial charge on any atom is 0.238 e. The highest BCUT2D eigenvalue weighted by molar-refractivity contribution is 5.92. The maximum atomic E-state index is 11.7. The van der Waals surface area contributed by atoms with Crippen molar-refractivity contribution in [2.24, 2.45) is 0 Å². The van der Waals surface area contributed by atoms with E-state index < -0.39 is 0 Å². The fraction of sp³-hybridized carbons (Fsp3) is 0.462. The number of hydrogen-bond donors (Lipinski definition) is 2. The predicted octanol–water partition coefficient (Wildman–Crippen LogP) is 1.08. The molecule has 0 aliphatic heterocycles. The summed E-state index contributed by atoms with van der Waals surface area (Å²) in [6, 6.07) is 7.81. The van der Waals surface area contributed by atoms with Gasteiger partial charge in [0.15, 0.2) is 0 Å². The van der Waals surface area contributed by atoms with E-state index in [0.717, 1.165) is 24.3 Å². The molecule has 1 rings (SSSR count). The van der Waals surface area contributed by atoms with Gasteiger partial charge in [-0.05, 0) is 38.7 Å². The van der Waals surface area contributed by atoms with Crippen molar-refractivity contribution in [2.45, 2.75) is 6.92 Å². The molecule has 1 aromatic rings. The third-order valence-corrected chi connectivity index (χ3v) is 2.46. The predicted molar refractivity (Wildman–Crippen MR) is 71.2 cm³/mol. The lowest BCUT2D eigenvalue weighted by atomic mass is 10.2. The Morgan fingerprint density at radius 2 is 2.18 bits per heavy atom. The molecule has 0 heterocycles. The average molecular weight is 235 g/mol. The molecule has 1 aromatic carbocycles. The van der Waals surface area contributed by atoms with Gasteiger partial charge in [-0.3, -0.25) is 9.69 Å². The van der Waals surface area contributed by atoms with E-state index in [4.69, 9.17) is 0 Å². The van der Waals surface area contributed by atoms with Crippen LogP contribution in [0, 0.1) is 6.92 Å². The molecule has 17 heavy (non-hydrogen) atoms. The van der Waals surface area contributed by atoms with Gasteiger partial charge in [0.1, 0.15) is 0 Å². The van der Waals surface area contributed by atoms with E-state index in [1.807, 2.05) is 50.2 Å². The zero-order valence-corrected chi connectivity index (χ0v) is 10.8. The topological polar surface area (TPSA) is 44.4 Å². The lowest BCUT2D eigenvalue weighted by Crippen LogP contribution is -2.34. The minimum absolute atomic E-state index is 0.0224. The molecule has 0 fully saturated rings. The van der Waals surface area contributed by atoms with Crippen LogP contribution < -0.4 is 10.6 Å². The smallest absolute Gasteiger partial charge is 0.238 e. The average Bonchev–Trinajstić information content (AvgIpc) is 2.26. The second-order valence-electron chi connectivity index (χ2n) is 4.26. The van der Waals surface area contributed by atoms with Crippen LogP contribution in [-0.4, -0.2) is 44.5 Å². The summed E-state index contributed by atoms with van der Waals surface area (Å²) in [6.07, 6.45) is 0. The van der Waals surface area contributed by atoms with Gasteiger partial charge in [0, 0.05) is 18.8 Å². The Balaban J connectivity index is 2.39. The van der Waals surface area contributed by atoms with Gasteiger partial charge in [-0.15, -0.1) is 0 Å². The van der Waals surface area contributed by atoms with Crippen LogP contribution in [0.3, 0.4) is 0 Å². The third kappa shape index (κ3) is 5.47. The lowest BCUT2D eigenvalue weighted by Gasteiger charge is -2.15. The van der Waals surface area contributed by atoms with E-state index in [2.05, 4.69) is 10.6 Å². The van der Waals surface area contributed by atoms with Crippen molar-refractivity contribution in [3.05, 3.63) is 29.8 Å². The van der Waals surface area contributed by atoms with E-state index in [1.165, 1.54) is 0 Å². The molecule has 94 valence electrons. The summed E-state index contributed by atoms with van der Waals surface area (Å²) < 4.78 is 0. The summed E-state index contributed by atoms with van der Waals surface area (Å²) >= 11 is 0. The zero-order chi connectivity index (χ0) is 12.7. The highest BCUT2D eigenvalue weighted by Crippen LogP contribution is 2.09. The van der Waals surface area contributed by atoms with Gasteiger partial charge in [-0.1, -0.05) is 12.1 Å². The number of carbonyl (C=O) groups excluding carboxylic acids is 1. The largest absolute Gasteiger partial charge is 0.325 e. The number of hydrogen-bond acceptors (Lipinski definition) is 3. The number of nitrogens with zero attached hydrogens (tertiary/aromatic N) is 1. The Labute approximate surface area is 103 Å². The van der Waals surface area contributed by atoms with Crippen molar-refractivity contribution in [2.75, 3.05) is 39.0 Å². The fourth-order valence-corrected chi connectivity index (χ4v) is 1.55. The Hall–Kier alpha value is -1.39. The number of aryl methyl sites for hydroxylation is 1. The normalized spacial score (nSPS) is 10.6. The van der Waals surface area contributed by atoms with E-state index in [0.29, 0.717) is 6.54 Å². The van der Waals surface area contributed by atoms with Gasteiger partial charge in [0.25, 0.3) is 0 Å². The Bertz CT molecular complexity index is 365. The molecule has 0 radical (unpaired) electrons. The molecule has 4 nitrogen and oxygen atoms in total. The first kappa shape index (κ1) is 13.7. The highest BCUT2D eigenvalue weighted by atomic mass is 16.2. The van der Waals surface area contributed by atoms with E-state index in [9.17, 15) is 4.79 Å². The van der Waals surface area contributed by atoms with Crippen LogP contribution in [0.1, 0.15) is 5.56 Å². The Kier molecular flexibility index (Phi) is 5.66. The molecule has 0 unspecified atom stereocenters. The quantitative estimate of drug-likeness (QED) is 0.775. The van der Waals surface area contributed by atoms with Gasteiger partial charge in [0.05, 0.1) is 6.54 Å². The van der Waals surface area contributed by atoms with Crippen LogP contribution in [0.15, 0.2) is 24.3 Å². The zero-order valence-electron chi connectivity index (χ0n) is 10.8. The molecule has 0 atom stereocenters. The number of likely N-dealkylation sites (N-methyl/N-ethyl adjacent to an activating group) is 2. The van der Waals surface area contributed by atoms with Crippen molar-refractivity contribution in [3.63, 3.8) is 0 Å². The van der Waals surface area contributed by atoms with E-state index >= 15 is 0 Å². The number of carbonyl (C=O) groups is 1. The molecule has 0 aliphatic rings. The number of nitrogens with one attached hydrogen (secondary N) is 2. The molecule has 0 aliphatic carbocycles. The standard InChI is InChI=1S/C13H21N3O/c1-11-5-4-6-12(9-11)15-13(17)10-16(3)8-7-14-2/h4-6,9,14H,7-8,10H2,1-3H3,(H,15,17). The van der Waals surface area contributed by atoms with Crippen molar-refractivity contribution < 1.29 is 4.79 Å². The Morgan fingerprint density at radius 1 is 1.41 bits per heavy atom. The highest BCUT2D eigenvalue weighted by Gasteiger charge is 2.06. The Morgan fingerprint density at radius 3 is 2.82 bits per heavy atom. The first-order valence-electron chi connectivity index (χ1n) is 5.81. The minimum Gasteiger partial charge on any atom is -0.325 e. The molecule has 0 saturated carbocycles. The second kappa shape index (κ2) is 7.04. The van der Waals surface area contributed by atoms with Gasteiger partial charge in [0.2, 0.25) is 5.91 Å². The molecule has 0 spiro atoms. The molecular formula is C13H21N3O. The maximum absolute atomic E-state index is 11.7. The number of amides is 1. The summed E-state index contributed by atoms with van der Waals surface area (Å²) in [7, 11) is 3.84. The molecule has 0 aromatic heterocycles. The minimum atomic E-state index is 0.0224. The molecule has 0 bridgehead atoms. The molecule has 1 amide bonds. The fourth-order valence-electron chi connectivity index (χ4n) is 1.55. The molecular weight excluding hydrogens is 214 g/mol. The molecule has 2 N–H and O–H groups in total. The molecule has 0 saturated heterocycles. The van der Waals surface area contributed by atoms with Gasteiger partial charge in [-0.25, -0.2) is 0 Å². The number of anilines is 1. The summed E-state index contributed by atoms with van der Waals surface area (Å²) in [4.78, 5) is 13.7. The molecule has 4 heteroatoms. The van der Waals surface area contributed by atoms with Crippen LogP contribution in [0.2, 0.25) is 0 Å². The number of rotatable bonds is 6. The first-order chi connectivity index (χ1) is 8.11. The van der Waals surface area contributed by atoms with Crippen LogP contribution >= 0.6 is 0 Å². The first-order valence-corrected chi connectivity index (χ1v) is 5.81. The van der Waals surface area contributed by atoms with Gasteiger partial charge in [-0.2, -0.15) is 0 Å². The van der Waals surface area contributed by atoms with Crippen molar-refractivity contribution >= 4 is 11.6 Å². The van der Waals surface area contributed by atoms with Crippen molar-refractivity contribution in [3.8, 4) is 0 Å². The van der Waals surface area contributed by atoms with Gasteiger partial charge < -0.3 is 10.6 Å². The lowest BCUT2D eigenvalue weighted by molar-refractivity contribution is -0.117. The van der Waals surface area contributed by atoms with Crippen LogP contribution in [-0.2, 0) is 4.79 Å². The second-order valence-corrected chi connectivity index (χ2v) is 4.26. The van der Waals surface area contributed by atoms with E-state index in [1.54, 1.807) is 0 Å². The number of benzene rings is 1. The van der Waals surface area contributed by atoms with Crippen molar-refractivity contribution in [1.82, 2.24) is 10.2 Å². The third-order valence-electron chi connectivity index (χ3n) is 2.46. The van der Waals surface area contributed by atoms with Crippen LogP contribution in [0.5, 0.6) is 0 Å². The van der Waals surface area contributed by atoms with Crippen LogP contribution in [0.25, 0.3) is 0 Å². The van der Waals surface area contributed by atoms with E-state index in [-0.39, 0.29) is 5.91 Å². The van der Waals surface area contributed by atoms with Gasteiger partial charge >= 0.3 is 0 Å². The summed E-state index contributed by atoms with van der Waals surface area (Å²) in [5.74, 6) is 0.0224. The van der Waals surface area contributed by atoms with Crippen LogP contribution in [0.4, 0.5) is 5.69 Å². The SMILES string of the molecule is CNCCN(C)CC(=O)Nc1cccc(C)c1.